The Morgan fingerprint density at radius 1 is 0.548 bits per heavy atom. The lowest BCUT2D eigenvalue weighted by Crippen LogP contribution is -2.47. The Morgan fingerprint density at radius 2 is 1.23 bits per heavy atom. The molecule has 2 aliphatic carbocycles. The maximum absolute atomic E-state index is 6.98. The van der Waals surface area contributed by atoms with Gasteiger partial charge in [-0.05, 0) is 134 Å². The first-order valence-electron chi connectivity index (χ1n) is 22.4. The van der Waals surface area contributed by atoms with Crippen molar-refractivity contribution in [2.24, 2.45) is 0 Å². The van der Waals surface area contributed by atoms with Gasteiger partial charge in [-0.1, -0.05) is 148 Å². The van der Waals surface area contributed by atoms with Gasteiger partial charge in [0.15, 0.2) is 7.28 Å². The number of hydrogen-bond acceptors (Lipinski definition) is 3. The molecule has 62 heavy (non-hydrogen) atoms. The number of benzene rings is 8. The third kappa shape index (κ3) is 4.67. The first-order valence-corrected chi connectivity index (χ1v) is 22.4. The van der Waals surface area contributed by atoms with Gasteiger partial charge in [-0.3, -0.25) is 0 Å². The molecule has 0 bridgehead atoms. The van der Waals surface area contributed by atoms with E-state index in [-0.39, 0.29) is 10.8 Å². The first-order chi connectivity index (χ1) is 30.1. The van der Waals surface area contributed by atoms with Crippen LogP contribution in [0.25, 0.3) is 44.2 Å². The number of nitrogens with one attached hydrogen (secondary N) is 1. The van der Waals surface area contributed by atoms with Gasteiger partial charge in [-0.15, -0.1) is 0 Å². The minimum Gasteiger partial charge on any atom is -0.455 e. The molecule has 13 rings (SSSR count). The van der Waals surface area contributed by atoms with Gasteiger partial charge in [0.2, 0.25) is 0 Å². The number of nitrogens with zero attached hydrogens (tertiary/aromatic N) is 1. The van der Waals surface area contributed by atoms with Crippen molar-refractivity contribution in [2.75, 3.05) is 10.2 Å². The fourth-order valence-electron chi connectivity index (χ4n) is 12.2. The second-order valence-corrected chi connectivity index (χ2v) is 19.6. The summed E-state index contributed by atoms with van der Waals surface area (Å²) in [5.74, 6) is 0. The van der Waals surface area contributed by atoms with Crippen LogP contribution in [0.5, 0.6) is 0 Å². The molecule has 1 N–H and O–H groups in total. The third-order valence-corrected chi connectivity index (χ3v) is 15.2. The SMILES string of the molecule is Cc1cc(-c2c(Nc3ccc4c(c3)C(C)(C)CCC4(C)C)ccc3c2oc2ccccc23)c2c(c1)N1c3ccccc3C3(c4ccccc4-c4ccccc43)c3cccc(c31)B2. The Bertz CT molecular complexity index is 3360. The topological polar surface area (TPSA) is 28.4 Å². The molecular formula is C58H47BN2O. The summed E-state index contributed by atoms with van der Waals surface area (Å²) in [6.07, 6.45) is 2.36. The molecule has 2 aliphatic heterocycles. The molecule has 0 saturated heterocycles. The van der Waals surface area contributed by atoms with E-state index in [0.717, 1.165) is 46.2 Å². The number of rotatable bonds is 3. The number of aryl methyl sites for hydroxylation is 1. The van der Waals surface area contributed by atoms with Crippen LogP contribution in [0.15, 0.2) is 162 Å². The van der Waals surface area contributed by atoms with E-state index in [1.807, 2.05) is 0 Å². The van der Waals surface area contributed by atoms with Crippen molar-refractivity contribution in [1.82, 2.24) is 0 Å². The molecular weight excluding hydrogens is 751 g/mol. The minimum absolute atomic E-state index is 0.0991. The molecule has 8 aromatic carbocycles. The molecule has 1 aromatic heterocycles. The summed E-state index contributed by atoms with van der Waals surface area (Å²) in [4.78, 5) is 2.60. The predicted molar refractivity (Wildman–Crippen MR) is 261 cm³/mol. The number of fused-ring (bicyclic) bond motifs is 15. The highest BCUT2D eigenvalue weighted by atomic mass is 16.3. The average molecular weight is 799 g/mol. The van der Waals surface area contributed by atoms with Gasteiger partial charge in [0, 0.05) is 33.4 Å². The summed E-state index contributed by atoms with van der Waals surface area (Å²) in [5, 5.41) is 6.28. The van der Waals surface area contributed by atoms with E-state index in [1.165, 1.54) is 96.5 Å². The van der Waals surface area contributed by atoms with Crippen molar-refractivity contribution in [2.45, 2.75) is 63.7 Å². The van der Waals surface area contributed by atoms with Gasteiger partial charge in [-0.2, -0.15) is 0 Å². The first kappa shape index (κ1) is 35.9. The van der Waals surface area contributed by atoms with Gasteiger partial charge < -0.3 is 14.6 Å². The maximum atomic E-state index is 6.98. The number of furan rings is 1. The van der Waals surface area contributed by atoms with E-state index >= 15 is 0 Å². The van der Waals surface area contributed by atoms with E-state index < -0.39 is 5.41 Å². The monoisotopic (exact) mass is 798 g/mol. The minimum atomic E-state index is -0.439. The lowest BCUT2D eigenvalue weighted by Gasteiger charge is -2.48. The van der Waals surface area contributed by atoms with Crippen LogP contribution in [0.3, 0.4) is 0 Å². The zero-order valence-corrected chi connectivity index (χ0v) is 36.0. The van der Waals surface area contributed by atoms with Crippen LogP contribution in [0, 0.1) is 6.92 Å². The van der Waals surface area contributed by atoms with Crippen molar-refractivity contribution in [1.29, 1.82) is 0 Å². The zero-order valence-electron chi connectivity index (χ0n) is 36.0. The molecule has 0 atom stereocenters. The Hall–Kier alpha value is -6.78. The standard InChI is InChI=1S/C58H47BN2O/c1-34-31-40(52-48(28-26-39-38-17-8-13-24-51(38)62-55(39)52)60-35-25-27-43-46(33-35)57(4,5)30-29-56(43,2)3)53-50(32-34)61-49-23-12-11-20-44(49)58(45-21-14-22-47(59-53)54(45)61)41-18-9-6-15-36(41)37-16-7-10-19-42(37)58/h6-28,31-33,59-60H,29-30H2,1-5H3. The van der Waals surface area contributed by atoms with Crippen molar-refractivity contribution < 1.29 is 4.42 Å². The van der Waals surface area contributed by atoms with E-state index in [0.29, 0.717) is 0 Å². The Labute approximate surface area is 364 Å². The van der Waals surface area contributed by atoms with Crippen LogP contribution < -0.4 is 21.1 Å². The van der Waals surface area contributed by atoms with Gasteiger partial charge in [0.25, 0.3) is 0 Å². The predicted octanol–water partition coefficient (Wildman–Crippen LogP) is 13.5. The highest BCUT2D eigenvalue weighted by Crippen LogP contribution is 2.63. The summed E-state index contributed by atoms with van der Waals surface area (Å²) in [5.41, 5.74) is 24.7. The second kappa shape index (κ2) is 12.4. The Kier molecular flexibility index (Phi) is 7.20. The number of para-hydroxylation sites is 3. The van der Waals surface area contributed by atoms with Gasteiger partial charge in [0.05, 0.1) is 16.8 Å². The van der Waals surface area contributed by atoms with Crippen LogP contribution in [-0.2, 0) is 16.2 Å². The number of anilines is 5. The molecule has 4 aliphatic rings. The van der Waals surface area contributed by atoms with Gasteiger partial charge in [-0.25, -0.2) is 0 Å². The summed E-state index contributed by atoms with van der Waals surface area (Å²) in [6.45, 7) is 11.9. The van der Waals surface area contributed by atoms with Crippen molar-refractivity contribution in [3.8, 4) is 22.3 Å². The molecule has 1 spiro atoms. The van der Waals surface area contributed by atoms with Gasteiger partial charge in [0.1, 0.15) is 11.2 Å². The van der Waals surface area contributed by atoms with Crippen LogP contribution in [0.4, 0.5) is 28.4 Å². The fraction of sp³-hybridized carbons (Fsp3) is 0.172. The molecule has 3 heterocycles. The Morgan fingerprint density at radius 3 is 2.02 bits per heavy atom. The quantitative estimate of drug-likeness (QED) is 0.181. The highest BCUT2D eigenvalue weighted by Gasteiger charge is 2.53. The molecule has 0 radical (unpaired) electrons. The molecule has 0 saturated carbocycles. The largest absolute Gasteiger partial charge is 0.455 e. The summed E-state index contributed by atoms with van der Waals surface area (Å²) >= 11 is 0. The maximum Gasteiger partial charge on any atom is 0.198 e. The van der Waals surface area contributed by atoms with Crippen molar-refractivity contribution in [3.63, 3.8) is 0 Å². The molecule has 0 fully saturated rings. The fourth-order valence-corrected chi connectivity index (χ4v) is 12.2. The van der Waals surface area contributed by atoms with E-state index in [2.05, 4.69) is 203 Å². The van der Waals surface area contributed by atoms with E-state index in [4.69, 9.17) is 4.42 Å². The van der Waals surface area contributed by atoms with Gasteiger partial charge >= 0.3 is 0 Å². The lowest BCUT2D eigenvalue weighted by atomic mass is 9.54. The molecule has 0 amide bonds. The third-order valence-electron chi connectivity index (χ3n) is 15.2. The smallest absolute Gasteiger partial charge is 0.198 e. The molecule has 9 aromatic rings. The summed E-state index contributed by atoms with van der Waals surface area (Å²) in [6, 6.07) is 59.4. The normalized spacial score (nSPS) is 16.5. The van der Waals surface area contributed by atoms with Crippen molar-refractivity contribution in [3.05, 3.63) is 197 Å². The highest BCUT2D eigenvalue weighted by molar-refractivity contribution is 6.73. The second-order valence-electron chi connectivity index (χ2n) is 19.6. The lowest BCUT2D eigenvalue weighted by molar-refractivity contribution is 0.332. The van der Waals surface area contributed by atoms with Crippen LogP contribution in [0.2, 0.25) is 0 Å². The molecule has 298 valence electrons. The Balaban J connectivity index is 1.06. The average Bonchev–Trinajstić information content (AvgIpc) is 3.81. The molecule has 4 heteroatoms. The molecule has 0 unspecified atom stereocenters. The molecule has 3 nitrogen and oxygen atoms in total. The van der Waals surface area contributed by atoms with Crippen LogP contribution in [-0.4, -0.2) is 7.28 Å². The summed E-state index contributed by atoms with van der Waals surface area (Å²) in [7, 11) is 0.796. The van der Waals surface area contributed by atoms with E-state index in [9.17, 15) is 0 Å². The van der Waals surface area contributed by atoms with Crippen LogP contribution >= 0.6 is 0 Å². The number of hydrogen-bond donors (Lipinski definition) is 1. The van der Waals surface area contributed by atoms with E-state index in [1.54, 1.807) is 0 Å². The zero-order chi connectivity index (χ0) is 41.7. The van der Waals surface area contributed by atoms with Crippen LogP contribution in [0.1, 0.15) is 79.5 Å². The summed E-state index contributed by atoms with van der Waals surface area (Å²) < 4.78 is 6.98. The van der Waals surface area contributed by atoms with Crippen molar-refractivity contribution >= 4 is 68.6 Å².